The first-order valence-electron chi connectivity index (χ1n) is 4.63. The van der Waals surface area contributed by atoms with Crippen molar-refractivity contribution < 1.29 is 14.3 Å². The predicted octanol–water partition coefficient (Wildman–Crippen LogP) is 2.04. The maximum absolute atomic E-state index is 11.3. The van der Waals surface area contributed by atoms with Crippen LogP contribution in [0.2, 0.25) is 5.02 Å². The molecule has 0 bridgehead atoms. The number of carbonyl (C=O) groups is 1. The van der Waals surface area contributed by atoms with Gasteiger partial charge in [-0.1, -0.05) is 21.9 Å². The number of rotatable bonds is 3. The highest BCUT2D eigenvalue weighted by molar-refractivity contribution is 6.30. The van der Waals surface area contributed by atoms with E-state index in [2.05, 4.69) is 20.1 Å². The van der Waals surface area contributed by atoms with Gasteiger partial charge < -0.3 is 9.47 Å². The highest BCUT2D eigenvalue weighted by Crippen LogP contribution is 2.23. The standard InChI is InChI=1S/C10H8ClN3O3/c1-16-10(15)8-9(13-14-12-8)17-7-4-2-6(11)3-5-7/h2-5H,1H3,(H,12,13,14). The third-order valence-corrected chi connectivity index (χ3v) is 2.19. The van der Waals surface area contributed by atoms with Gasteiger partial charge in [0.2, 0.25) is 5.69 Å². The molecule has 6 nitrogen and oxygen atoms in total. The fourth-order valence-corrected chi connectivity index (χ4v) is 1.26. The minimum Gasteiger partial charge on any atom is -0.464 e. The van der Waals surface area contributed by atoms with Crippen LogP contribution in [0.3, 0.4) is 0 Å². The molecule has 0 aliphatic heterocycles. The van der Waals surface area contributed by atoms with Crippen molar-refractivity contribution in [2.75, 3.05) is 7.11 Å². The molecular weight excluding hydrogens is 246 g/mol. The van der Waals surface area contributed by atoms with E-state index in [-0.39, 0.29) is 11.6 Å². The second-order valence-electron chi connectivity index (χ2n) is 3.04. The van der Waals surface area contributed by atoms with Gasteiger partial charge in [-0.2, -0.15) is 0 Å². The Kier molecular flexibility index (Phi) is 3.24. The fourth-order valence-electron chi connectivity index (χ4n) is 1.14. The highest BCUT2D eigenvalue weighted by Gasteiger charge is 2.17. The average molecular weight is 254 g/mol. The van der Waals surface area contributed by atoms with E-state index >= 15 is 0 Å². The summed E-state index contributed by atoms with van der Waals surface area (Å²) in [7, 11) is 1.26. The van der Waals surface area contributed by atoms with E-state index in [9.17, 15) is 4.79 Å². The monoisotopic (exact) mass is 253 g/mol. The number of hydrogen-bond donors (Lipinski definition) is 1. The molecule has 0 spiro atoms. The SMILES string of the molecule is COC(=O)c1[nH]nnc1Oc1ccc(Cl)cc1. The molecule has 0 atom stereocenters. The van der Waals surface area contributed by atoms with Gasteiger partial charge in [0.15, 0.2) is 0 Å². The van der Waals surface area contributed by atoms with Gasteiger partial charge in [-0.3, -0.25) is 0 Å². The lowest BCUT2D eigenvalue weighted by atomic mass is 10.3. The predicted molar refractivity (Wildman–Crippen MR) is 59.2 cm³/mol. The number of methoxy groups -OCH3 is 1. The summed E-state index contributed by atoms with van der Waals surface area (Å²) in [4.78, 5) is 11.3. The van der Waals surface area contributed by atoms with E-state index in [1.165, 1.54) is 7.11 Å². The van der Waals surface area contributed by atoms with Gasteiger partial charge >= 0.3 is 5.97 Å². The molecule has 1 aromatic heterocycles. The van der Waals surface area contributed by atoms with Crippen molar-refractivity contribution in [1.29, 1.82) is 0 Å². The Balaban J connectivity index is 2.21. The normalized spacial score (nSPS) is 10.0. The van der Waals surface area contributed by atoms with E-state index in [1.54, 1.807) is 24.3 Å². The zero-order valence-electron chi connectivity index (χ0n) is 8.81. The molecule has 0 unspecified atom stereocenters. The summed E-state index contributed by atoms with van der Waals surface area (Å²) in [6.45, 7) is 0. The van der Waals surface area contributed by atoms with Crippen molar-refractivity contribution in [3.8, 4) is 11.6 Å². The smallest absolute Gasteiger partial charge is 0.361 e. The third kappa shape index (κ3) is 2.54. The second kappa shape index (κ2) is 4.84. The number of nitrogens with zero attached hydrogens (tertiary/aromatic N) is 2. The van der Waals surface area contributed by atoms with E-state index in [4.69, 9.17) is 16.3 Å². The summed E-state index contributed by atoms with van der Waals surface area (Å²) in [5.41, 5.74) is 0.0578. The number of nitrogens with one attached hydrogen (secondary N) is 1. The summed E-state index contributed by atoms with van der Waals surface area (Å²) >= 11 is 5.73. The lowest BCUT2D eigenvalue weighted by Crippen LogP contribution is -2.03. The molecule has 1 aromatic carbocycles. The van der Waals surface area contributed by atoms with Gasteiger partial charge in [0.05, 0.1) is 7.11 Å². The lowest BCUT2D eigenvalue weighted by molar-refractivity contribution is 0.0591. The molecule has 1 N–H and O–H groups in total. The van der Waals surface area contributed by atoms with Crippen LogP contribution in [0, 0.1) is 0 Å². The van der Waals surface area contributed by atoms with Crippen LogP contribution in [0.4, 0.5) is 0 Å². The van der Waals surface area contributed by atoms with Crippen molar-refractivity contribution >= 4 is 17.6 Å². The molecule has 0 aliphatic carbocycles. The first-order chi connectivity index (χ1) is 8.20. The molecule has 0 radical (unpaired) electrons. The highest BCUT2D eigenvalue weighted by atomic mass is 35.5. The maximum atomic E-state index is 11.3. The Morgan fingerprint density at radius 2 is 2.06 bits per heavy atom. The van der Waals surface area contributed by atoms with Gasteiger partial charge in [0.25, 0.3) is 5.88 Å². The van der Waals surface area contributed by atoms with E-state index in [0.717, 1.165) is 0 Å². The molecule has 0 aliphatic rings. The number of aromatic nitrogens is 3. The van der Waals surface area contributed by atoms with Gasteiger partial charge in [-0.05, 0) is 24.3 Å². The topological polar surface area (TPSA) is 77.1 Å². The Morgan fingerprint density at radius 3 is 2.71 bits per heavy atom. The van der Waals surface area contributed by atoms with Gasteiger partial charge in [-0.15, -0.1) is 0 Å². The Hall–Kier alpha value is -2.08. The van der Waals surface area contributed by atoms with Crippen molar-refractivity contribution in [2.24, 2.45) is 0 Å². The van der Waals surface area contributed by atoms with Crippen LogP contribution in [0.25, 0.3) is 0 Å². The zero-order chi connectivity index (χ0) is 12.3. The van der Waals surface area contributed by atoms with Gasteiger partial charge in [-0.25, -0.2) is 9.89 Å². The molecule has 2 aromatic rings. The number of ether oxygens (including phenoxy) is 2. The summed E-state index contributed by atoms with van der Waals surface area (Å²) in [5.74, 6) is -0.0495. The lowest BCUT2D eigenvalue weighted by Gasteiger charge is -2.03. The number of carbonyl (C=O) groups excluding carboxylic acids is 1. The van der Waals surface area contributed by atoms with Crippen LogP contribution >= 0.6 is 11.6 Å². The van der Waals surface area contributed by atoms with Crippen LogP contribution in [-0.4, -0.2) is 28.5 Å². The summed E-state index contributed by atoms with van der Waals surface area (Å²) in [5, 5.41) is 10.1. The average Bonchev–Trinajstić information content (AvgIpc) is 2.79. The van der Waals surface area contributed by atoms with Crippen LogP contribution in [0.15, 0.2) is 24.3 Å². The van der Waals surface area contributed by atoms with Crippen molar-refractivity contribution in [3.05, 3.63) is 35.0 Å². The van der Waals surface area contributed by atoms with Crippen molar-refractivity contribution in [1.82, 2.24) is 15.4 Å². The number of hydrogen-bond acceptors (Lipinski definition) is 5. The number of halogens is 1. The molecule has 0 saturated heterocycles. The van der Waals surface area contributed by atoms with Gasteiger partial charge in [0.1, 0.15) is 5.75 Å². The molecule has 0 fully saturated rings. The molecule has 2 rings (SSSR count). The quantitative estimate of drug-likeness (QED) is 0.847. The van der Waals surface area contributed by atoms with Crippen LogP contribution in [0.1, 0.15) is 10.5 Å². The summed E-state index contributed by atoms with van der Waals surface area (Å²) in [6.07, 6.45) is 0. The van der Waals surface area contributed by atoms with E-state index < -0.39 is 5.97 Å². The second-order valence-corrected chi connectivity index (χ2v) is 3.48. The van der Waals surface area contributed by atoms with Crippen LogP contribution in [-0.2, 0) is 4.74 Å². The number of benzene rings is 1. The molecule has 7 heteroatoms. The first kappa shape index (κ1) is 11.4. The number of H-pyrrole nitrogens is 1. The molecule has 0 saturated carbocycles. The minimum atomic E-state index is -0.598. The summed E-state index contributed by atoms with van der Waals surface area (Å²) < 4.78 is 9.90. The van der Waals surface area contributed by atoms with Gasteiger partial charge in [0, 0.05) is 5.02 Å². The minimum absolute atomic E-state index is 0.0548. The zero-order valence-corrected chi connectivity index (χ0v) is 9.56. The van der Waals surface area contributed by atoms with E-state index in [1.807, 2.05) is 0 Å². The molecular formula is C10H8ClN3O3. The summed E-state index contributed by atoms with van der Waals surface area (Å²) in [6, 6.07) is 6.62. The van der Waals surface area contributed by atoms with Crippen molar-refractivity contribution in [3.63, 3.8) is 0 Å². The Morgan fingerprint density at radius 1 is 1.35 bits per heavy atom. The van der Waals surface area contributed by atoms with Crippen LogP contribution in [0.5, 0.6) is 11.6 Å². The molecule has 88 valence electrons. The fraction of sp³-hybridized carbons (Fsp3) is 0.100. The van der Waals surface area contributed by atoms with Crippen LogP contribution < -0.4 is 4.74 Å². The largest absolute Gasteiger partial charge is 0.464 e. The van der Waals surface area contributed by atoms with E-state index in [0.29, 0.717) is 10.8 Å². The third-order valence-electron chi connectivity index (χ3n) is 1.93. The molecule has 1 heterocycles. The maximum Gasteiger partial charge on any atom is 0.361 e. The number of aromatic amines is 1. The van der Waals surface area contributed by atoms with Crippen molar-refractivity contribution in [2.45, 2.75) is 0 Å². The Labute approximate surface area is 101 Å². The number of esters is 1. The molecule has 17 heavy (non-hydrogen) atoms. The molecule has 0 amide bonds. The Bertz CT molecular complexity index is 524. The first-order valence-corrected chi connectivity index (χ1v) is 5.01.